The molecule has 5 atom stereocenters. The van der Waals surface area contributed by atoms with Gasteiger partial charge in [-0.1, -0.05) is 32.1 Å². The van der Waals surface area contributed by atoms with Crippen LogP contribution in [-0.2, 0) is 14.3 Å². The molecule has 7 heteroatoms. The molecule has 3 aliphatic carbocycles. The molecule has 0 aromatic rings. The molecule has 0 aromatic heterocycles. The zero-order valence-corrected chi connectivity index (χ0v) is 20.8. The summed E-state index contributed by atoms with van der Waals surface area (Å²) in [6, 6.07) is 0.252. The molecule has 0 heterocycles. The van der Waals surface area contributed by atoms with Crippen molar-refractivity contribution in [3.63, 3.8) is 0 Å². The molecule has 0 spiro atoms. The average Bonchev–Trinajstić information content (AvgIpc) is 2.82. The van der Waals surface area contributed by atoms with Crippen molar-refractivity contribution in [1.82, 2.24) is 10.2 Å². The lowest BCUT2D eigenvalue weighted by molar-refractivity contribution is -0.131. The van der Waals surface area contributed by atoms with E-state index < -0.39 is 6.10 Å². The van der Waals surface area contributed by atoms with Gasteiger partial charge >= 0.3 is 0 Å². The van der Waals surface area contributed by atoms with E-state index in [2.05, 4.69) is 24.9 Å². The molecule has 3 rings (SSSR count). The van der Waals surface area contributed by atoms with Crippen LogP contribution in [0.3, 0.4) is 0 Å². The van der Waals surface area contributed by atoms with Crippen LogP contribution in [0.2, 0.25) is 0 Å². The highest BCUT2D eigenvalue weighted by Crippen LogP contribution is 2.38. The fourth-order valence-electron chi connectivity index (χ4n) is 5.19. The normalized spacial score (nSPS) is 28.0. The molecule has 0 radical (unpaired) electrons. The van der Waals surface area contributed by atoms with Gasteiger partial charge in [0.05, 0.1) is 6.10 Å². The minimum absolute atomic E-state index is 0.00223. The zero-order valence-electron chi connectivity index (χ0n) is 20.8. The van der Waals surface area contributed by atoms with Gasteiger partial charge in [0.1, 0.15) is 11.5 Å². The fourth-order valence-corrected chi connectivity index (χ4v) is 5.19. The molecule has 3 aliphatic rings. The molecule has 0 saturated carbocycles. The first-order valence-corrected chi connectivity index (χ1v) is 12.4. The summed E-state index contributed by atoms with van der Waals surface area (Å²) in [6.45, 7) is 8.13. The summed E-state index contributed by atoms with van der Waals surface area (Å²) in [5.41, 5.74) is 3.63. The number of likely N-dealkylation sites (N-methyl/N-ethyl adjacent to an activating group) is 1. The number of carbonyl (C=O) groups is 2. The van der Waals surface area contributed by atoms with Crippen LogP contribution in [-0.4, -0.2) is 65.8 Å². The van der Waals surface area contributed by atoms with Crippen LogP contribution in [0.5, 0.6) is 0 Å². The van der Waals surface area contributed by atoms with Crippen molar-refractivity contribution in [3.8, 4) is 0 Å². The number of ether oxygens (including phenoxy) is 1. The summed E-state index contributed by atoms with van der Waals surface area (Å²) in [5, 5.41) is 23.6. The first-order chi connectivity index (χ1) is 16.2. The van der Waals surface area contributed by atoms with Gasteiger partial charge < -0.3 is 25.2 Å². The summed E-state index contributed by atoms with van der Waals surface area (Å²) in [7, 11) is 1.67. The molecule has 0 aromatic carbocycles. The number of aliphatic hydroxyl groups is 2. The Kier molecular flexibility index (Phi) is 9.28. The summed E-state index contributed by atoms with van der Waals surface area (Å²) in [6.07, 6.45) is 9.50. The lowest BCUT2D eigenvalue weighted by Gasteiger charge is -2.34. The highest BCUT2D eigenvalue weighted by molar-refractivity contribution is 5.84. The first-order valence-electron chi connectivity index (χ1n) is 12.4. The van der Waals surface area contributed by atoms with Crippen molar-refractivity contribution >= 4 is 11.7 Å². The maximum Gasteiger partial charge on any atom is 0.264 e. The molecule has 0 fully saturated rings. The molecule has 0 aliphatic heterocycles. The topological polar surface area (TPSA) is 99.1 Å². The second kappa shape index (κ2) is 12.0. The number of hydrogen-bond donors (Lipinski definition) is 3. The predicted octanol–water partition coefficient (Wildman–Crippen LogP) is 2.86. The maximum atomic E-state index is 12.2. The van der Waals surface area contributed by atoms with Crippen molar-refractivity contribution in [2.24, 2.45) is 17.8 Å². The Labute approximate surface area is 203 Å². The van der Waals surface area contributed by atoms with Crippen molar-refractivity contribution in [2.75, 3.05) is 26.8 Å². The highest BCUT2D eigenvalue weighted by Gasteiger charge is 2.31. The number of rotatable bonds is 10. The number of Topliss-reactive ketones (excluding diaryl/α,β-unsaturated/α-hetero) is 1. The van der Waals surface area contributed by atoms with E-state index in [1.54, 1.807) is 7.05 Å². The number of allylic oxidation sites excluding steroid dienone is 4. The van der Waals surface area contributed by atoms with Gasteiger partial charge in [0.15, 0.2) is 6.61 Å². The summed E-state index contributed by atoms with van der Waals surface area (Å²) < 4.78 is 5.87. The molecular weight excluding hydrogens is 432 g/mol. The van der Waals surface area contributed by atoms with Crippen LogP contribution in [0.1, 0.15) is 52.4 Å². The van der Waals surface area contributed by atoms with Crippen LogP contribution < -0.4 is 5.32 Å². The number of carbonyl (C=O) groups excluding carboxylic acids is 2. The van der Waals surface area contributed by atoms with Gasteiger partial charge in [0, 0.05) is 44.5 Å². The van der Waals surface area contributed by atoms with E-state index >= 15 is 0 Å². The van der Waals surface area contributed by atoms with Crippen LogP contribution in [0.15, 0.2) is 47.4 Å². The van der Waals surface area contributed by atoms with Gasteiger partial charge in [0.2, 0.25) is 0 Å². The monoisotopic (exact) mass is 472 g/mol. The number of nitrogens with one attached hydrogen (secondary N) is 1. The van der Waals surface area contributed by atoms with E-state index in [1.807, 2.05) is 13.0 Å². The van der Waals surface area contributed by atoms with Crippen molar-refractivity contribution in [3.05, 3.63) is 47.4 Å². The SMILES string of the molecule is C=CN(C)C(=O)COC1=CC2=C(CCC(NCC(O)C3=CC(CCO)C(=O)CC3C)C2)CC1C. The van der Waals surface area contributed by atoms with Gasteiger partial charge in [-0.15, -0.1) is 0 Å². The van der Waals surface area contributed by atoms with Crippen molar-refractivity contribution in [2.45, 2.75) is 64.5 Å². The Morgan fingerprint density at radius 1 is 1.32 bits per heavy atom. The van der Waals surface area contributed by atoms with Gasteiger partial charge in [0.25, 0.3) is 5.91 Å². The Morgan fingerprint density at radius 2 is 2.09 bits per heavy atom. The van der Waals surface area contributed by atoms with Crippen molar-refractivity contribution in [1.29, 1.82) is 0 Å². The number of amides is 1. The molecule has 0 bridgehead atoms. The van der Waals surface area contributed by atoms with Crippen LogP contribution in [0.25, 0.3) is 0 Å². The molecule has 5 unspecified atom stereocenters. The zero-order chi connectivity index (χ0) is 24.8. The first kappa shape index (κ1) is 26.4. The molecule has 0 saturated heterocycles. The van der Waals surface area contributed by atoms with E-state index in [0.717, 1.165) is 37.0 Å². The largest absolute Gasteiger partial charge is 0.488 e. The maximum absolute atomic E-state index is 12.2. The molecule has 7 nitrogen and oxygen atoms in total. The molecular formula is C27H40N2O5. The lowest BCUT2D eigenvalue weighted by atomic mass is 9.78. The third-order valence-corrected chi connectivity index (χ3v) is 7.41. The van der Waals surface area contributed by atoms with Crippen LogP contribution in [0, 0.1) is 17.8 Å². The van der Waals surface area contributed by atoms with Crippen molar-refractivity contribution < 1.29 is 24.5 Å². The fraction of sp³-hybridized carbons (Fsp3) is 0.630. The number of nitrogens with zero attached hydrogens (tertiary/aromatic N) is 1. The van der Waals surface area contributed by atoms with Gasteiger partial charge in [-0.3, -0.25) is 9.59 Å². The van der Waals surface area contributed by atoms with E-state index in [-0.39, 0.29) is 48.7 Å². The third kappa shape index (κ3) is 6.46. The van der Waals surface area contributed by atoms with Gasteiger partial charge in [-0.05, 0) is 61.4 Å². The van der Waals surface area contributed by atoms with Crippen LogP contribution in [0.4, 0.5) is 0 Å². The molecule has 1 amide bonds. The second-order valence-corrected chi connectivity index (χ2v) is 9.98. The minimum atomic E-state index is -0.645. The van der Waals surface area contributed by atoms with E-state index in [9.17, 15) is 19.8 Å². The lowest BCUT2D eigenvalue weighted by Crippen LogP contribution is -2.40. The Bertz CT molecular complexity index is 874. The number of ketones is 1. The molecule has 3 N–H and O–H groups in total. The Balaban J connectivity index is 1.57. The minimum Gasteiger partial charge on any atom is -0.488 e. The van der Waals surface area contributed by atoms with Crippen LogP contribution >= 0.6 is 0 Å². The smallest absolute Gasteiger partial charge is 0.264 e. The van der Waals surface area contributed by atoms with E-state index in [0.29, 0.717) is 19.4 Å². The highest BCUT2D eigenvalue weighted by atomic mass is 16.5. The van der Waals surface area contributed by atoms with E-state index in [4.69, 9.17) is 4.74 Å². The Hall–Kier alpha value is -2.22. The Morgan fingerprint density at radius 3 is 2.79 bits per heavy atom. The number of hydrogen-bond acceptors (Lipinski definition) is 6. The number of aliphatic hydroxyl groups excluding tert-OH is 2. The van der Waals surface area contributed by atoms with E-state index in [1.165, 1.54) is 22.2 Å². The van der Waals surface area contributed by atoms with Gasteiger partial charge in [-0.2, -0.15) is 0 Å². The summed E-state index contributed by atoms with van der Waals surface area (Å²) in [5.74, 6) is 0.845. The standard InChI is InChI=1S/C27H40N2O5/c1-5-29(4)27(33)16-34-26-14-21-12-22(7-6-19(21)10-18(26)3)28-15-25(32)23-13-20(8-9-30)24(31)11-17(23)2/h5,13-14,17-18,20,22,25,28,30,32H,1,6-12,15-16H2,2-4H3. The molecule has 34 heavy (non-hydrogen) atoms. The molecule has 188 valence electrons. The van der Waals surface area contributed by atoms with Gasteiger partial charge in [-0.25, -0.2) is 0 Å². The quantitative estimate of drug-likeness (QED) is 0.423. The second-order valence-electron chi connectivity index (χ2n) is 9.98. The average molecular weight is 473 g/mol. The summed E-state index contributed by atoms with van der Waals surface area (Å²) >= 11 is 0. The third-order valence-electron chi connectivity index (χ3n) is 7.41. The predicted molar refractivity (Wildman–Crippen MR) is 132 cm³/mol. The summed E-state index contributed by atoms with van der Waals surface area (Å²) in [4.78, 5) is 25.7.